The maximum Gasteiger partial charge on any atom is 0.266 e. The fourth-order valence-electron chi connectivity index (χ4n) is 3.84. The number of ether oxygens (including phenoxy) is 2. The highest BCUT2D eigenvalue weighted by Crippen LogP contribution is 2.37. The Morgan fingerprint density at radius 3 is 2.56 bits per heavy atom. The summed E-state index contributed by atoms with van der Waals surface area (Å²) in [6.07, 6.45) is 1.47. The lowest BCUT2D eigenvalue weighted by Crippen LogP contribution is -2.14. The van der Waals surface area contributed by atoms with E-state index in [1.54, 1.807) is 18.2 Å². The van der Waals surface area contributed by atoms with Gasteiger partial charge in [-0.2, -0.15) is 5.26 Å². The third kappa shape index (κ3) is 5.51. The van der Waals surface area contributed by atoms with E-state index >= 15 is 0 Å². The number of fused-ring (bicyclic) bond motifs is 1. The van der Waals surface area contributed by atoms with Gasteiger partial charge < -0.3 is 14.8 Å². The smallest absolute Gasteiger partial charge is 0.266 e. The number of hydrogen-bond donors (Lipinski definition) is 1. The van der Waals surface area contributed by atoms with Gasteiger partial charge in [0, 0.05) is 5.69 Å². The number of anilines is 1. The van der Waals surface area contributed by atoms with Crippen LogP contribution in [0.4, 0.5) is 5.69 Å². The molecule has 0 radical (unpaired) electrons. The second-order valence-corrected chi connectivity index (χ2v) is 8.78. The predicted molar refractivity (Wildman–Crippen MR) is 144 cm³/mol. The summed E-state index contributed by atoms with van der Waals surface area (Å²) < 4.78 is 11.5. The molecule has 4 rings (SSSR count). The summed E-state index contributed by atoms with van der Waals surface area (Å²) in [7, 11) is 1.51. The molecule has 4 aromatic rings. The van der Waals surface area contributed by atoms with Gasteiger partial charge in [0.05, 0.1) is 12.1 Å². The first kappa shape index (κ1) is 24.8. The summed E-state index contributed by atoms with van der Waals surface area (Å²) in [6.45, 7) is 4.18. The molecule has 4 aromatic carbocycles. The van der Waals surface area contributed by atoms with Crippen LogP contribution in [0.5, 0.6) is 11.5 Å². The fourth-order valence-corrected chi connectivity index (χ4v) is 4.11. The van der Waals surface area contributed by atoms with E-state index < -0.39 is 5.91 Å². The third-order valence-corrected chi connectivity index (χ3v) is 6.26. The molecule has 0 fully saturated rings. The minimum atomic E-state index is -0.502. The van der Waals surface area contributed by atoms with Crippen LogP contribution in [0.25, 0.3) is 16.8 Å². The van der Waals surface area contributed by atoms with Crippen molar-refractivity contribution in [3.8, 4) is 17.6 Å². The van der Waals surface area contributed by atoms with E-state index in [2.05, 4.69) is 23.5 Å². The number of nitriles is 1. The standard InChI is InChI=1S/C30H25ClN2O3/c1-19-7-6-10-27(20(19)2)33-30(34)25(17-32)14-22-15-26(31)29(28(16-22)35-3)36-18-21-11-12-23-8-4-5-9-24(23)13-21/h4-16H,18H2,1-3H3,(H,33,34)/b25-14+. The Bertz CT molecular complexity index is 1520. The van der Waals surface area contributed by atoms with Crippen LogP contribution in [0.3, 0.4) is 0 Å². The summed E-state index contributed by atoms with van der Waals surface area (Å²) in [5.41, 5.74) is 4.13. The molecule has 0 saturated carbocycles. The van der Waals surface area contributed by atoms with Crippen molar-refractivity contribution in [1.82, 2.24) is 0 Å². The Kier molecular flexibility index (Phi) is 7.58. The molecule has 1 amide bonds. The predicted octanol–water partition coefficient (Wildman–Crippen LogP) is 7.24. The highest BCUT2D eigenvalue weighted by molar-refractivity contribution is 6.32. The molecule has 6 heteroatoms. The number of aryl methyl sites for hydroxylation is 1. The van der Waals surface area contributed by atoms with Crippen molar-refractivity contribution in [2.24, 2.45) is 0 Å². The number of halogens is 1. The zero-order valence-electron chi connectivity index (χ0n) is 20.3. The molecule has 0 heterocycles. The minimum absolute atomic E-state index is 0.0566. The van der Waals surface area contributed by atoms with Gasteiger partial charge in [0.1, 0.15) is 18.2 Å². The minimum Gasteiger partial charge on any atom is -0.493 e. The normalized spacial score (nSPS) is 11.1. The number of hydrogen-bond acceptors (Lipinski definition) is 4. The molecule has 36 heavy (non-hydrogen) atoms. The van der Waals surface area contributed by atoms with Crippen molar-refractivity contribution in [3.05, 3.63) is 106 Å². The lowest BCUT2D eigenvalue weighted by Gasteiger charge is -2.14. The highest BCUT2D eigenvalue weighted by Gasteiger charge is 2.15. The van der Waals surface area contributed by atoms with E-state index in [0.717, 1.165) is 27.5 Å². The van der Waals surface area contributed by atoms with Crippen molar-refractivity contribution in [2.75, 3.05) is 12.4 Å². The van der Waals surface area contributed by atoms with Gasteiger partial charge in [-0.25, -0.2) is 0 Å². The number of carbonyl (C=O) groups excluding carboxylic acids is 1. The number of amides is 1. The summed E-state index contributed by atoms with van der Waals surface area (Å²) in [5, 5.41) is 15.0. The van der Waals surface area contributed by atoms with Crippen LogP contribution in [0.2, 0.25) is 5.02 Å². The van der Waals surface area contributed by atoms with Crippen molar-refractivity contribution in [3.63, 3.8) is 0 Å². The van der Waals surface area contributed by atoms with Gasteiger partial charge in [-0.05, 0) is 77.2 Å². The second-order valence-electron chi connectivity index (χ2n) is 8.38. The van der Waals surface area contributed by atoms with Crippen molar-refractivity contribution in [1.29, 1.82) is 5.26 Å². The third-order valence-electron chi connectivity index (χ3n) is 5.98. The highest BCUT2D eigenvalue weighted by atomic mass is 35.5. The van der Waals surface area contributed by atoms with Crippen molar-refractivity contribution < 1.29 is 14.3 Å². The zero-order valence-corrected chi connectivity index (χ0v) is 21.0. The van der Waals surface area contributed by atoms with E-state index in [4.69, 9.17) is 21.1 Å². The van der Waals surface area contributed by atoms with Gasteiger partial charge in [-0.15, -0.1) is 0 Å². The van der Waals surface area contributed by atoms with Crippen molar-refractivity contribution >= 4 is 40.0 Å². The van der Waals surface area contributed by atoms with E-state index in [-0.39, 0.29) is 5.57 Å². The molecule has 5 nitrogen and oxygen atoms in total. The molecular formula is C30H25ClN2O3. The van der Waals surface area contributed by atoms with Crippen LogP contribution in [-0.4, -0.2) is 13.0 Å². The molecule has 0 aliphatic carbocycles. The quantitative estimate of drug-likeness (QED) is 0.216. The topological polar surface area (TPSA) is 71.3 Å². The van der Waals surface area contributed by atoms with Crippen LogP contribution in [0.15, 0.2) is 78.4 Å². The molecule has 0 atom stereocenters. The lowest BCUT2D eigenvalue weighted by molar-refractivity contribution is -0.112. The molecule has 1 N–H and O–H groups in total. The fraction of sp³-hybridized carbons (Fsp3) is 0.133. The molecule has 0 aliphatic heterocycles. The van der Waals surface area contributed by atoms with Gasteiger partial charge in [-0.3, -0.25) is 4.79 Å². The van der Waals surface area contributed by atoms with Crippen LogP contribution in [-0.2, 0) is 11.4 Å². The molecule has 180 valence electrons. The van der Waals surface area contributed by atoms with Crippen molar-refractivity contribution in [2.45, 2.75) is 20.5 Å². The first-order valence-electron chi connectivity index (χ1n) is 11.4. The van der Waals surface area contributed by atoms with Crippen LogP contribution in [0, 0.1) is 25.2 Å². The lowest BCUT2D eigenvalue weighted by atomic mass is 10.1. The Hall–Kier alpha value is -4.27. The van der Waals surface area contributed by atoms with Crippen LogP contribution >= 0.6 is 11.6 Å². The zero-order chi connectivity index (χ0) is 25.7. The molecule has 0 saturated heterocycles. The van der Waals surface area contributed by atoms with E-state index in [0.29, 0.717) is 34.4 Å². The van der Waals surface area contributed by atoms with Crippen LogP contribution < -0.4 is 14.8 Å². The monoisotopic (exact) mass is 496 g/mol. The van der Waals surface area contributed by atoms with Gasteiger partial charge in [-0.1, -0.05) is 60.1 Å². The van der Waals surface area contributed by atoms with Gasteiger partial charge in [0.2, 0.25) is 0 Å². The Labute approximate surface area is 215 Å². The first-order chi connectivity index (χ1) is 17.4. The Balaban J connectivity index is 1.55. The number of benzene rings is 4. The number of nitrogens with zero attached hydrogens (tertiary/aromatic N) is 1. The maximum atomic E-state index is 12.8. The second kappa shape index (κ2) is 11.0. The first-order valence-corrected chi connectivity index (χ1v) is 11.7. The van der Waals surface area contributed by atoms with Crippen LogP contribution in [0.1, 0.15) is 22.3 Å². The Morgan fingerprint density at radius 1 is 1.03 bits per heavy atom. The van der Waals surface area contributed by atoms with Gasteiger partial charge in [0.25, 0.3) is 5.91 Å². The SMILES string of the molecule is COc1cc(/C=C(\C#N)C(=O)Nc2cccc(C)c2C)cc(Cl)c1OCc1ccc2ccccc2c1. The summed E-state index contributed by atoms with van der Waals surface area (Å²) in [4.78, 5) is 12.8. The summed E-state index contributed by atoms with van der Waals surface area (Å²) in [5.74, 6) is 0.294. The Morgan fingerprint density at radius 2 is 1.81 bits per heavy atom. The molecule has 0 aliphatic rings. The number of methoxy groups -OCH3 is 1. The summed E-state index contributed by atoms with van der Waals surface area (Å²) >= 11 is 6.53. The average Bonchev–Trinajstić information content (AvgIpc) is 2.88. The maximum absolute atomic E-state index is 12.8. The molecule has 0 bridgehead atoms. The van der Waals surface area contributed by atoms with Gasteiger partial charge in [0.15, 0.2) is 11.5 Å². The van der Waals surface area contributed by atoms with Gasteiger partial charge >= 0.3 is 0 Å². The number of carbonyl (C=O) groups is 1. The van der Waals surface area contributed by atoms with E-state index in [1.165, 1.54) is 13.2 Å². The number of nitrogens with one attached hydrogen (secondary N) is 1. The summed E-state index contributed by atoms with van der Waals surface area (Å²) in [6, 6.07) is 25.2. The molecule has 0 spiro atoms. The average molecular weight is 497 g/mol. The molecular weight excluding hydrogens is 472 g/mol. The van der Waals surface area contributed by atoms with E-state index in [9.17, 15) is 10.1 Å². The number of rotatable bonds is 7. The largest absolute Gasteiger partial charge is 0.493 e. The molecule has 0 unspecified atom stereocenters. The van der Waals surface area contributed by atoms with E-state index in [1.807, 2.05) is 56.3 Å². The molecule has 0 aromatic heterocycles.